The second-order valence-electron chi connectivity index (χ2n) is 4.44. The lowest BCUT2D eigenvalue weighted by Gasteiger charge is -2.15. The van der Waals surface area contributed by atoms with E-state index >= 15 is 0 Å². The number of nitrogens with two attached hydrogens (primary N) is 1. The zero-order chi connectivity index (χ0) is 13.8. The standard InChI is InChI=1S/C12H16N4O3/c13-8-3-5-16(7-8)10(18)6-15-12(19)11-9(17)2-1-4-14-11/h1-2,4,8,17H,3,5-7,13H2,(H,15,19)/t8-/m1/s1. The van der Waals surface area contributed by atoms with E-state index in [-0.39, 0.29) is 29.9 Å². The number of amides is 2. The smallest absolute Gasteiger partial charge is 0.274 e. The van der Waals surface area contributed by atoms with Crippen LogP contribution in [0.2, 0.25) is 0 Å². The molecule has 1 atom stereocenters. The van der Waals surface area contributed by atoms with E-state index in [1.165, 1.54) is 18.3 Å². The van der Waals surface area contributed by atoms with Gasteiger partial charge < -0.3 is 21.1 Å². The van der Waals surface area contributed by atoms with Gasteiger partial charge in [-0.25, -0.2) is 4.98 Å². The minimum Gasteiger partial charge on any atom is -0.505 e. The first-order valence-corrected chi connectivity index (χ1v) is 6.03. The molecule has 2 amide bonds. The van der Waals surface area contributed by atoms with Gasteiger partial charge in [0.1, 0.15) is 5.75 Å². The van der Waals surface area contributed by atoms with Gasteiger partial charge >= 0.3 is 0 Å². The van der Waals surface area contributed by atoms with Gasteiger partial charge in [0.25, 0.3) is 5.91 Å². The highest BCUT2D eigenvalue weighted by atomic mass is 16.3. The molecular weight excluding hydrogens is 248 g/mol. The van der Waals surface area contributed by atoms with Gasteiger partial charge in [0.2, 0.25) is 5.91 Å². The van der Waals surface area contributed by atoms with E-state index in [1.54, 1.807) is 4.90 Å². The van der Waals surface area contributed by atoms with E-state index in [0.29, 0.717) is 13.1 Å². The fourth-order valence-electron chi connectivity index (χ4n) is 1.94. The number of hydrogen-bond acceptors (Lipinski definition) is 5. The van der Waals surface area contributed by atoms with Crippen LogP contribution in [0.15, 0.2) is 18.3 Å². The van der Waals surface area contributed by atoms with Crippen LogP contribution in [0, 0.1) is 0 Å². The van der Waals surface area contributed by atoms with Crippen molar-refractivity contribution < 1.29 is 14.7 Å². The zero-order valence-corrected chi connectivity index (χ0v) is 10.4. The summed E-state index contributed by atoms with van der Waals surface area (Å²) in [6, 6.07) is 2.89. The summed E-state index contributed by atoms with van der Waals surface area (Å²) in [7, 11) is 0. The molecule has 0 unspecified atom stereocenters. The van der Waals surface area contributed by atoms with Crippen LogP contribution in [0.1, 0.15) is 16.9 Å². The van der Waals surface area contributed by atoms with Crippen LogP contribution in [0.3, 0.4) is 0 Å². The summed E-state index contributed by atoms with van der Waals surface area (Å²) in [4.78, 5) is 28.9. The van der Waals surface area contributed by atoms with Gasteiger partial charge in [-0.15, -0.1) is 0 Å². The number of hydrogen-bond donors (Lipinski definition) is 3. The molecular formula is C12H16N4O3. The number of nitrogens with zero attached hydrogens (tertiary/aromatic N) is 2. The maximum atomic E-state index is 11.8. The molecule has 0 aromatic carbocycles. The highest BCUT2D eigenvalue weighted by Crippen LogP contribution is 2.12. The molecule has 7 nitrogen and oxygen atoms in total. The van der Waals surface area contributed by atoms with Gasteiger partial charge in [-0.2, -0.15) is 0 Å². The lowest BCUT2D eigenvalue weighted by molar-refractivity contribution is -0.129. The summed E-state index contributed by atoms with van der Waals surface area (Å²) in [6.07, 6.45) is 2.18. The topological polar surface area (TPSA) is 109 Å². The van der Waals surface area contributed by atoms with Crippen LogP contribution in [0.25, 0.3) is 0 Å². The van der Waals surface area contributed by atoms with Crippen molar-refractivity contribution in [3.8, 4) is 5.75 Å². The molecule has 0 bridgehead atoms. The molecule has 2 heterocycles. The molecule has 2 rings (SSSR count). The van der Waals surface area contributed by atoms with Crippen molar-refractivity contribution in [2.75, 3.05) is 19.6 Å². The predicted octanol–water partition coefficient (Wildman–Crippen LogP) is -0.923. The molecule has 7 heteroatoms. The van der Waals surface area contributed by atoms with Crippen LogP contribution >= 0.6 is 0 Å². The fourth-order valence-corrected chi connectivity index (χ4v) is 1.94. The predicted molar refractivity (Wildman–Crippen MR) is 67.4 cm³/mol. The normalized spacial score (nSPS) is 18.4. The van der Waals surface area contributed by atoms with Crippen LogP contribution in [-0.2, 0) is 4.79 Å². The Morgan fingerprint density at radius 1 is 1.58 bits per heavy atom. The molecule has 102 valence electrons. The summed E-state index contributed by atoms with van der Waals surface area (Å²) in [5, 5.41) is 11.9. The largest absolute Gasteiger partial charge is 0.505 e. The van der Waals surface area contributed by atoms with Crippen molar-refractivity contribution in [3.05, 3.63) is 24.0 Å². The Morgan fingerprint density at radius 3 is 3.00 bits per heavy atom. The molecule has 1 aliphatic heterocycles. The number of nitrogens with one attached hydrogen (secondary N) is 1. The first kappa shape index (κ1) is 13.3. The molecule has 0 spiro atoms. The molecule has 1 aromatic heterocycles. The van der Waals surface area contributed by atoms with Crippen molar-refractivity contribution >= 4 is 11.8 Å². The third-order valence-electron chi connectivity index (χ3n) is 2.98. The number of carbonyl (C=O) groups excluding carboxylic acids is 2. The maximum Gasteiger partial charge on any atom is 0.274 e. The summed E-state index contributed by atoms with van der Waals surface area (Å²) in [6.45, 7) is 1.01. The van der Waals surface area contributed by atoms with Crippen LogP contribution < -0.4 is 11.1 Å². The van der Waals surface area contributed by atoms with Crippen LogP contribution in [-0.4, -0.2) is 52.5 Å². The minimum absolute atomic E-state index is 0.0134. The number of carbonyl (C=O) groups is 2. The summed E-state index contributed by atoms with van der Waals surface area (Å²) >= 11 is 0. The third-order valence-corrected chi connectivity index (χ3v) is 2.98. The lowest BCUT2D eigenvalue weighted by Crippen LogP contribution is -2.40. The first-order chi connectivity index (χ1) is 9.08. The molecule has 1 saturated heterocycles. The van der Waals surface area contributed by atoms with E-state index in [9.17, 15) is 14.7 Å². The molecule has 0 saturated carbocycles. The third kappa shape index (κ3) is 3.19. The Hall–Kier alpha value is -2.15. The number of rotatable bonds is 3. The minimum atomic E-state index is -0.574. The van der Waals surface area contributed by atoms with E-state index in [0.717, 1.165) is 6.42 Å². The quantitative estimate of drug-likeness (QED) is 0.654. The molecule has 0 radical (unpaired) electrons. The number of likely N-dealkylation sites (tertiary alicyclic amines) is 1. The van der Waals surface area contributed by atoms with Crippen LogP contribution in [0.4, 0.5) is 0 Å². The SMILES string of the molecule is N[C@@H]1CCN(C(=O)CNC(=O)c2ncccc2O)C1. The Bertz CT molecular complexity index is 492. The monoisotopic (exact) mass is 264 g/mol. The number of aromatic hydroxyl groups is 1. The maximum absolute atomic E-state index is 11.8. The Labute approximate surface area is 110 Å². The second kappa shape index (κ2) is 5.66. The van der Waals surface area contributed by atoms with Crippen molar-refractivity contribution in [2.45, 2.75) is 12.5 Å². The van der Waals surface area contributed by atoms with Crippen LogP contribution in [0.5, 0.6) is 5.75 Å². The average Bonchev–Trinajstić information content (AvgIpc) is 2.83. The molecule has 0 aliphatic carbocycles. The summed E-state index contributed by atoms with van der Waals surface area (Å²) in [5.74, 6) is -0.970. The van der Waals surface area contributed by atoms with Gasteiger partial charge in [0.15, 0.2) is 5.69 Å². The molecule has 1 aromatic rings. The molecule has 1 aliphatic rings. The van der Waals surface area contributed by atoms with Crippen molar-refractivity contribution in [2.24, 2.45) is 5.73 Å². The van der Waals surface area contributed by atoms with Crippen molar-refractivity contribution in [1.82, 2.24) is 15.2 Å². The average molecular weight is 264 g/mol. The van der Waals surface area contributed by atoms with Gasteiger partial charge in [0.05, 0.1) is 6.54 Å². The highest BCUT2D eigenvalue weighted by molar-refractivity contribution is 5.96. The van der Waals surface area contributed by atoms with Crippen molar-refractivity contribution in [3.63, 3.8) is 0 Å². The van der Waals surface area contributed by atoms with E-state index in [4.69, 9.17) is 5.73 Å². The van der Waals surface area contributed by atoms with Crippen molar-refractivity contribution in [1.29, 1.82) is 0 Å². The summed E-state index contributed by atoms with van der Waals surface area (Å²) < 4.78 is 0. The fraction of sp³-hybridized carbons (Fsp3) is 0.417. The Morgan fingerprint density at radius 2 is 2.37 bits per heavy atom. The number of aromatic nitrogens is 1. The molecule has 1 fully saturated rings. The zero-order valence-electron chi connectivity index (χ0n) is 10.4. The van der Waals surface area contributed by atoms with Gasteiger partial charge in [-0.1, -0.05) is 0 Å². The summed E-state index contributed by atoms with van der Waals surface area (Å²) in [5.41, 5.74) is 5.62. The van der Waals surface area contributed by atoms with Gasteiger partial charge in [-0.3, -0.25) is 9.59 Å². The highest BCUT2D eigenvalue weighted by Gasteiger charge is 2.24. The van der Waals surface area contributed by atoms with Gasteiger partial charge in [-0.05, 0) is 18.6 Å². The number of pyridine rings is 1. The van der Waals surface area contributed by atoms with E-state index < -0.39 is 5.91 Å². The Kier molecular flexibility index (Phi) is 3.96. The molecule has 4 N–H and O–H groups in total. The molecule has 19 heavy (non-hydrogen) atoms. The van der Waals surface area contributed by atoms with E-state index in [2.05, 4.69) is 10.3 Å². The first-order valence-electron chi connectivity index (χ1n) is 6.03. The van der Waals surface area contributed by atoms with E-state index in [1.807, 2.05) is 0 Å². The second-order valence-corrected chi connectivity index (χ2v) is 4.44. The van der Waals surface area contributed by atoms with Gasteiger partial charge in [0, 0.05) is 25.3 Å². The lowest BCUT2D eigenvalue weighted by atomic mass is 10.3. The Balaban J connectivity index is 1.87.